The molecule has 1 aromatic carbocycles. The number of nitrogens with zero attached hydrogens (tertiary/aromatic N) is 2. The molecule has 0 saturated carbocycles. The Hall–Kier alpha value is -2.89. The Morgan fingerprint density at radius 3 is 2.64 bits per heavy atom. The van der Waals surface area contributed by atoms with Crippen molar-refractivity contribution in [3.8, 4) is 0 Å². The van der Waals surface area contributed by atoms with Crippen molar-refractivity contribution < 1.29 is 4.79 Å². The summed E-state index contributed by atoms with van der Waals surface area (Å²) in [5.41, 5.74) is 2.21. The molecule has 3 N–H and O–H groups in total. The predicted octanol–water partition coefficient (Wildman–Crippen LogP) is 3.30. The summed E-state index contributed by atoms with van der Waals surface area (Å²) >= 11 is 0. The number of benzene rings is 1. The molecule has 0 saturated heterocycles. The largest absolute Gasteiger partial charge is 0.357 e. The summed E-state index contributed by atoms with van der Waals surface area (Å²) in [4.78, 5) is 20.9. The number of guanidine groups is 1. The molecule has 0 fully saturated rings. The van der Waals surface area contributed by atoms with Crippen LogP contribution in [-0.4, -0.2) is 36.0 Å². The first-order valence-corrected chi connectivity index (χ1v) is 9.89. The van der Waals surface area contributed by atoms with E-state index >= 15 is 0 Å². The monoisotopic (exact) mass is 381 g/mol. The number of aryl methyl sites for hydroxylation is 2. The molecule has 1 amide bonds. The van der Waals surface area contributed by atoms with Crippen molar-refractivity contribution in [1.29, 1.82) is 0 Å². The fourth-order valence-corrected chi connectivity index (χ4v) is 2.74. The van der Waals surface area contributed by atoms with Crippen LogP contribution in [0.1, 0.15) is 37.9 Å². The first-order valence-electron chi connectivity index (χ1n) is 9.89. The lowest BCUT2D eigenvalue weighted by atomic mass is 10.1. The highest BCUT2D eigenvalue weighted by molar-refractivity contribution is 5.90. The second-order valence-electron chi connectivity index (χ2n) is 6.79. The van der Waals surface area contributed by atoms with E-state index in [2.05, 4.69) is 57.1 Å². The number of rotatable bonds is 9. The highest BCUT2D eigenvalue weighted by atomic mass is 16.1. The fraction of sp³-hybridized carbons (Fsp3) is 0.409. The third kappa shape index (κ3) is 8.20. The molecular formula is C22H31N5O. The second-order valence-corrected chi connectivity index (χ2v) is 6.79. The van der Waals surface area contributed by atoms with Crippen LogP contribution in [0.2, 0.25) is 0 Å². The number of aromatic nitrogens is 1. The van der Waals surface area contributed by atoms with Crippen molar-refractivity contribution in [3.05, 3.63) is 59.8 Å². The van der Waals surface area contributed by atoms with Crippen LogP contribution in [0.15, 0.2) is 53.5 Å². The Kier molecular flexibility index (Phi) is 8.98. The van der Waals surface area contributed by atoms with Gasteiger partial charge in [0.25, 0.3) is 0 Å². The topological polar surface area (TPSA) is 78.4 Å². The Labute approximate surface area is 167 Å². The minimum atomic E-state index is -0.0881. The predicted molar refractivity (Wildman–Crippen MR) is 116 cm³/mol. The molecule has 2 aromatic rings. The van der Waals surface area contributed by atoms with Crippen LogP contribution >= 0.6 is 0 Å². The number of nitrogens with one attached hydrogen (secondary N) is 3. The lowest BCUT2D eigenvalue weighted by Gasteiger charge is -2.18. The quantitative estimate of drug-likeness (QED) is 0.460. The molecule has 2 rings (SSSR count). The van der Waals surface area contributed by atoms with Crippen molar-refractivity contribution in [2.75, 3.05) is 18.4 Å². The van der Waals surface area contributed by atoms with Gasteiger partial charge in [0.05, 0.1) is 6.54 Å². The highest BCUT2D eigenvalue weighted by Gasteiger charge is 2.07. The van der Waals surface area contributed by atoms with Gasteiger partial charge in [-0.25, -0.2) is 4.98 Å². The zero-order chi connectivity index (χ0) is 20.2. The van der Waals surface area contributed by atoms with E-state index in [0.29, 0.717) is 18.8 Å². The Balaban J connectivity index is 1.78. The van der Waals surface area contributed by atoms with Crippen LogP contribution in [-0.2, 0) is 11.2 Å². The van der Waals surface area contributed by atoms with E-state index in [1.165, 1.54) is 5.56 Å². The summed E-state index contributed by atoms with van der Waals surface area (Å²) in [7, 11) is 0. The zero-order valence-electron chi connectivity index (χ0n) is 17.0. The third-order valence-electron chi connectivity index (χ3n) is 4.20. The molecule has 150 valence electrons. The summed E-state index contributed by atoms with van der Waals surface area (Å²) < 4.78 is 0. The van der Waals surface area contributed by atoms with E-state index in [1.807, 2.05) is 32.0 Å². The van der Waals surface area contributed by atoms with Crippen LogP contribution in [0.4, 0.5) is 5.82 Å². The summed E-state index contributed by atoms with van der Waals surface area (Å²) in [6.07, 6.45) is 2.33. The molecule has 0 bridgehead atoms. The van der Waals surface area contributed by atoms with Crippen molar-refractivity contribution >= 4 is 17.7 Å². The first kappa shape index (κ1) is 21.4. The van der Waals surface area contributed by atoms with Crippen LogP contribution in [0.3, 0.4) is 0 Å². The van der Waals surface area contributed by atoms with E-state index in [-0.39, 0.29) is 11.9 Å². The van der Waals surface area contributed by atoms with Crippen molar-refractivity contribution in [3.63, 3.8) is 0 Å². The number of hydrogen-bond acceptors (Lipinski definition) is 3. The van der Waals surface area contributed by atoms with Gasteiger partial charge in [0.1, 0.15) is 5.82 Å². The van der Waals surface area contributed by atoms with Crippen LogP contribution in [0.5, 0.6) is 0 Å². The molecule has 6 nitrogen and oxygen atoms in total. The van der Waals surface area contributed by atoms with Gasteiger partial charge >= 0.3 is 0 Å². The molecule has 1 atom stereocenters. The van der Waals surface area contributed by atoms with Crippen LogP contribution in [0.25, 0.3) is 0 Å². The number of amides is 1. The molecule has 28 heavy (non-hydrogen) atoms. The standard InChI is InChI=1S/C22H31N5O/c1-4-23-22(26-18(3)13-14-19-10-6-5-7-11-19)24-16-15-21(28)27-20-12-8-9-17(2)25-20/h5-12,18H,4,13-16H2,1-3H3,(H2,23,24,26)(H,25,27,28). The molecule has 0 aliphatic carbocycles. The highest BCUT2D eigenvalue weighted by Crippen LogP contribution is 2.05. The number of carbonyl (C=O) groups is 1. The molecule has 0 spiro atoms. The van der Waals surface area contributed by atoms with Gasteiger partial charge in [-0.05, 0) is 51.3 Å². The Morgan fingerprint density at radius 1 is 1.14 bits per heavy atom. The van der Waals surface area contributed by atoms with E-state index in [0.717, 1.165) is 31.0 Å². The first-order chi connectivity index (χ1) is 13.6. The minimum absolute atomic E-state index is 0.0881. The maximum atomic E-state index is 12.1. The Morgan fingerprint density at radius 2 is 1.93 bits per heavy atom. The summed E-state index contributed by atoms with van der Waals surface area (Å²) in [5, 5.41) is 9.46. The van der Waals surface area contributed by atoms with Crippen LogP contribution in [0, 0.1) is 6.92 Å². The van der Waals surface area contributed by atoms with Crippen LogP contribution < -0.4 is 16.0 Å². The average Bonchev–Trinajstić information content (AvgIpc) is 2.67. The Bertz CT molecular complexity index is 761. The third-order valence-corrected chi connectivity index (χ3v) is 4.20. The summed E-state index contributed by atoms with van der Waals surface area (Å²) in [6, 6.07) is 16.3. The molecule has 6 heteroatoms. The normalized spacial score (nSPS) is 12.3. The number of hydrogen-bond donors (Lipinski definition) is 3. The number of aliphatic imine (C=N–C) groups is 1. The van der Waals surface area contributed by atoms with E-state index in [1.54, 1.807) is 6.07 Å². The van der Waals surface area contributed by atoms with Gasteiger partial charge in [0.2, 0.25) is 5.91 Å². The minimum Gasteiger partial charge on any atom is -0.357 e. The van der Waals surface area contributed by atoms with Gasteiger partial charge in [-0.3, -0.25) is 9.79 Å². The molecule has 1 heterocycles. The lowest BCUT2D eigenvalue weighted by Crippen LogP contribution is -2.42. The maximum Gasteiger partial charge on any atom is 0.227 e. The van der Waals surface area contributed by atoms with Gasteiger partial charge in [-0.1, -0.05) is 36.4 Å². The molecule has 0 aliphatic rings. The number of pyridine rings is 1. The molecular weight excluding hydrogens is 350 g/mol. The van der Waals surface area contributed by atoms with Crippen molar-refractivity contribution in [1.82, 2.24) is 15.6 Å². The fourth-order valence-electron chi connectivity index (χ4n) is 2.74. The lowest BCUT2D eigenvalue weighted by molar-refractivity contribution is -0.116. The van der Waals surface area contributed by atoms with Gasteiger partial charge in [-0.2, -0.15) is 0 Å². The van der Waals surface area contributed by atoms with Gasteiger partial charge in [-0.15, -0.1) is 0 Å². The van der Waals surface area contributed by atoms with E-state index < -0.39 is 0 Å². The SMILES string of the molecule is CCNC(=NCCC(=O)Nc1cccc(C)n1)NC(C)CCc1ccccc1. The van der Waals surface area contributed by atoms with E-state index in [4.69, 9.17) is 0 Å². The van der Waals surface area contributed by atoms with Gasteiger partial charge in [0, 0.05) is 24.7 Å². The maximum absolute atomic E-state index is 12.1. The smallest absolute Gasteiger partial charge is 0.227 e. The zero-order valence-corrected chi connectivity index (χ0v) is 17.0. The van der Waals surface area contributed by atoms with Crippen molar-refractivity contribution in [2.24, 2.45) is 4.99 Å². The van der Waals surface area contributed by atoms with Crippen molar-refractivity contribution in [2.45, 2.75) is 46.1 Å². The molecule has 1 unspecified atom stereocenters. The average molecular weight is 382 g/mol. The second kappa shape index (κ2) is 11.7. The summed E-state index contributed by atoms with van der Waals surface area (Å²) in [6.45, 7) is 7.26. The molecule has 1 aromatic heterocycles. The molecule has 0 aliphatic heterocycles. The number of anilines is 1. The summed E-state index contributed by atoms with van der Waals surface area (Å²) in [5.74, 6) is 1.23. The van der Waals surface area contributed by atoms with Gasteiger partial charge < -0.3 is 16.0 Å². The number of carbonyl (C=O) groups excluding carboxylic acids is 1. The van der Waals surface area contributed by atoms with Gasteiger partial charge in [0.15, 0.2) is 5.96 Å². The molecule has 0 radical (unpaired) electrons. The van der Waals surface area contributed by atoms with E-state index in [9.17, 15) is 4.79 Å².